The summed E-state index contributed by atoms with van der Waals surface area (Å²) >= 11 is 0. The van der Waals surface area contributed by atoms with E-state index in [4.69, 9.17) is 11.1 Å². The van der Waals surface area contributed by atoms with Gasteiger partial charge in [0.05, 0.1) is 17.6 Å². The highest BCUT2D eigenvalue weighted by atomic mass is 35.5. The lowest BCUT2D eigenvalue weighted by Crippen LogP contribution is -2.32. The van der Waals surface area contributed by atoms with Crippen molar-refractivity contribution >= 4 is 29.4 Å². The zero-order valence-corrected chi connectivity index (χ0v) is 9.71. The first-order valence-electron chi connectivity index (χ1n) is 4.65. The number of aromatic nitrogens is 2. The van der Waals surface area contributed by atoms with Gasteiger partial charge in [-0.15, -0.1) is 12.4 Å². The van der Waals surface area contributed by atoms with Gasteiger partial charge in [-0.05, 0) is 12.1 Å². The third kappa shape index (κ3) is 2.43. The van der Waals surface area contributed by atoms with E-state index in [2.05, 4.69) is 9.97 Å². The predicted molar refractivity (Wildman–Crippen MR) is 66.7 cm³/mol. The van der Waals surface area contributed by atoms with Crippen LogP contribution in [0.25, 0.3) is 11.0 Å². The van der Waals surface area contributed by atoms with Crippen molar-refractivity contribution < 1.29 is 0 Å². The number of H-pyrrole nitrogens is 1. The van der Waals surface area contributed by atoms with Gasteiger partial charge in [-0.1, -0.05) is 12.1 Å². The second-order valence-electron chi connectivity index (χ2n) is 3.44. The van der Waals surface area contributed by atoms with Gasteiger partial charge < -0.3 is 15.6 Å². The summed E-state index contributed by atoms with van der Waals surface area (Å²) in [4.78, 5) is 9.18. The molecular weight excluding hydrogens is 226 g/mol. The molecule has 16 heavy (non-hydrogen) atoms. The standard InChI is InChI=1S/C10H13N5.ClH/c1-15(10(11)12)6-9-13-7-4-2-3-5-8(7)14-9;/h2-5H,6H2,1H3,(H3,11,12)(H,13,14);1H. The van der Waals surface area contributed by atoms with Gasteiger partial charge in [0, 0.05) is 7.05 Å². The second-order valence-corrected chi connectivity index (χ2v) is 3.44. The van der Waals surface area contributed by atoms with Crippen molar-refractivity contribution in [2.45, 2.75) is 6.54 Å². The maximum Gasteiger partial charge on any atom is 0.188 e. The van der Waals surface area contributed by atoms with Crippen LogP contribution < -0.4 is 5.73 Å². The molecule has 0 radical (unpaired) electrons. The van der Waals surface area contributed by atoms with Crippen LogP contribution in [0.15, 0.2) is 24.3 Å². The Labute approximate surface area is 99.6 Å². The number of benzene rings is 1. The van der Waals surface area contributed by atoms with Crippen LogP contribution >= 0.6 is 12.4 Å². The number of hydrogen-bond acceptors (Lipinski definition) is 2. The first kappa shape index (κ1) is 12.3. The molecule has 0 saturated carbocycles. The molecule has 0 aliphatic carbocycles. The van der Waals surface area contributed by atoms with Gasteiger partial charge in [0.25, 0.3) is 0 Å². The van der Waals surface area contributed by atoms with E-state index in [-0.39, 0.29) is 18.4 Å². The van der Waals surface area contributed by atoms with Crippen LogP contribution in [-0.4, -0.2) is 27.9 Å². The van der Waals surface area contributed by atoms with Crippen molar-refractivity contribution in [2.75, 3.05) is 7.05 Å². The van der Waals surface area contributed by atoms with Gasteiger partial charge >= 0.3 is 0 Å². The maximum atomic E-state index is 7.25. The van der Waals surface area contributed by atoms with Crippen LogP contribution in [0.1, 0.15) is 5.82 Å². The third-order valence-electron chi connectivity index (χ3n) is 2.24. The van der Waals surface area contributed by atoms with Crippen LogP contribution in [0.2, 0.25) is 0 Å². The highest BCUT2D eigenvalue weighted by Gasteiger charge is 2.05. The SMILES string of the molecule is CN(Cc1nc2ccccc2[nH]1)C(=N)N.Cl. The Morgan fingerprint density at radius 3 is 2.81 bits per heavy atom. The molecular formula is C10H14ClN5. The lowest BCUT2D eigenvalue weighted by molar-refractivity contribution is 0.478. The van der Waals surface area contributed by atoms with E-state index < -0.39 is 0 Å². The number of nitrogens with zero attached hydrogens (tertiary/aromatic N) is 2. The first-order chi connectivity index (χ1) is 7.16. The van der Waals surface area contributed by atoms with Crippen molar-refractivity contribution in [3.05, 3.63) is 30.1 Å². The summed E-state index contributed by atoms with van der Waals surface area (Å²) in [6.07, 6.45) is 0. The summed E-state index contributed by atoms with van der Waals surface area (Å²) in [7, 11) is 1.76. The molecule has 5 nitrogen and oxygen atoms in total. The topological polar surface area (TPSA) is 81.8 Å². The molecule has 0 spiro atoms. The van der Waals surface area contributed by atoms with E-state index in [0.29, 0.717) is 6.54 Å². The minimum atomic E-state index is 0. The highest BCUT2D eigenvalue weighted by molar-refractivity contribution is 5.85. The monoisotopic (exact) mass is 239 g/mol. The van der Waals surface area contributed by atoms with Gasteiger partial charge in [-0.3, -0.25) is 5.41 Å². The molecule has 0 fully saturated rings. The van der Waals surface area contributed by atoms with E-state index >= 15 is 0 Å². The zero-order valence-electron chi connectivity index (χ0n) is 8.90. The summed E-state index contributed by atoms with van der Waals surface area (Å²) in [6.45, 7) is 0.518. The fourth-order valence-electron chi connectivity index (χ4n) is 1.39. The molecule has 0 unspecified atom stereocenters. The van der Waals surface area contributed by atoms with Crippen LogP contribution in [0.3, 0.4) is 0 Å². The summed E-state index contributed by atoms with van der Waals surface area (Å²) in [5.74, 6) is 0.851. The highest BCUT2D eigenvalue weighted by Crippen LogP contribution is 2.10. The molecule has 1 aromatic carbocycles. The van der Waals surface area contributed by atoms with Gasteiger partial charge in [-0.2, -0.15) is 0 Å². The number of nitrogens with one attached hydrogen (secondary N) is 2. The van der Waals surface area contributed by atoms with E-state index in [1.807, 2.05) is 24.3 Å². The Morgan fingerprint density at radius 2 is 2.19 bits per heavy atom. The molecule has 0 aliphatic heterocycles. The smallest absolute Gasteiger partial charge is 0.188 e. The minimum Gasteiger partial charge on any atom is -0.370 e. The van der Waals surface area contributed by atoms with Crippen LogP contribution in [-0.2, 0) is 6.54 Å². The number of imidazole rings is 1. The molecule has 0 amide bonds. The number of nitrogens with two attached hydrogens (primary N) is 1. The molecule has 6 heteroatoms. The van der Waals surface area contributed by atoms with Gasteiger partial charge in [-0.25, -0.2) is 4.98 Å². The fourth-order valence-corrected chi connectivity index (χ4v) is 1.39. The summed E-state index contributed by atoms with van der Waals surface area (Å²) in [6, 6.07) is 7.82. The number of para-hydroxylation sites is 2. The molecule has 0 bridgehead atoms. The number of halogens is 1. The van der Waals surface area contributed by atoms with Crippen molar-refractivity contribution in [3.8, 4) is 0 Å². The zero-order chi connectivity index (χ0) is 10.8. The van der Waals surface area contributed by atoms with Crippen LogP contribution in [0.4, 0.5) is 0 Å². The van der Waals surface area contributed by atoms with E-state index in [0.717, 1.165) is 16.9 Å². The lowest BCUT2D eigenvalue weighted by atomic mass is 10.3. The average molecular weight is 240 g/mol. The number of guanidine groups is 1. The largest absolute Gasteiger partial charge is 0.370 e. The Balaban J connectivity index is 0.00000128. The molecule has 0 atom stereocenters. The second kappa shape index (κ2) is 4.85. The number of aromatic amines is 1. The van der Waals surface area contributed by atoms with Crippen LogP contribution in [0, 0.1) is 5.41 Å². The van der Waals surface area contributed by atoms with E-state index in [1.54, 1.807) is 11.9 Å². The van der Waals surface area contributed by atoms with Gasteiger partial charge in [0.15, 0.2) is 5.96 Å². The summed E-state index contributed by atoms with van der Waals surface area (Å²) < 4.78 is 0. The Morgan fingerprint density at radius 1 is 1.50 bits per heavy atom. The van der Waals surface area contributed by atoms with Crippen molar-refractivity contribution in [3.63, 3.8) is 0 Å². The van der Waals surface area contributed by atoms with E-state index in [1.165, 1.54) is 0 Å². The van der Waals surface area contributed by atoms with E-state index in [9.17, 15) is 0 Å². The summed E-state index contributed by atoms with van der Waals surface area (Å²) in [5.41, 5.74) is 7.28. The number of fused-ring (bicyclic) bond motifs is 1. The average Bonchev–Trinajstić information content (AvgIpc) is 2.59. The molecule has 0 saturated heterocycles. The fraction of sp³-hybridized carbons (Fsp3) is 0.200. The summed E-state index contributed by atoms with van der Waals surface area (Å²) in [5, 5.41) is 7.25. The maximum absolute atomic E-state index is 7.25. The number of rotatable bonds is 2. The molecule has 1 aromatic heterocycles. The Bertz CT molecular complexity index is 460. The van der Waals surface area contributed by atoms with Gasteiger partial charge in [0.1, 0.15) is 5.82 Å². The quantitative estimate of drug-likeness (QED) is 0.546. The molecule has 0 aliphatic rings. The molecule has 1 heterocycles. The number of hydrogen-bond donors (Lipinski definition) is 3. The van der Waals surface area contributed by atoms with Gasteiger partial charge in [0.2, 0.25) is 0 Å². The van der Waals surface area contributed by atoms with Crippen molar-refractivity contribution in [2.24, 2.45) is 5.73 Å². The minimum absolute atomic E-state index is 0. The molecule has 86 valence electrons. The lowest BCUT2D eigenvalue weighted by Gasteiger charge is -2.14. The third-order valence-corrected chi connectivity index (χ3v) is 2.24. The molecule has 2 rings (SSSR count). The molecule has 4 N–H and O–H groups in total. The normalized spacial score (nSPS) is 9.81. The van der Waals surface area contributed by atoms with Crippen molar-refractivity contribution in [1.82, 2.24) is 14.9 Å². The first-order valence-corrected chi connectivity index (χ1v) is 4.65. The van der Waals surface area contributed by atoms with Crippen molar-refractivity contribution in [1.29, 1.82) is 5.41 Å². The Hall–Kier alpha value is -1.75. The predicted octanol–water partition coefficient (Wildman–Crippen LogP) is 1.31. The molecule has 2 aromatic rings. The van der Waals surface area contributed by atoms with Crippen LogP contribution in [0.5, 0.6) is 0 Å². The Kier molecular flexibility index (Phi) is 3.73.